The first-order valence-electron chi connectivity index (χ1n) is 6.53. The van der Waals surface area contributed by atoms with Gasteiger partial charge in [-0.3, -0.25) is 4.98 Å². The van der Waals surface area contributed by atoms with Crippen LogP contribution in [0.15, 0.2) is 36.7 Å². The average molecular weight is 244 g/mol. The van der Waals surface area contributed by atoms with Gasteiger partial charge in [0.1, 0.15) is 6.17 Å². The van der Waals surface area contributed by atoms with Gasteiger partial charge in [-0.2, -0.15) is 0 Å². The molecule has 2 heterocycles. The summed E-state index contributed by atoms with van der Waals surface area (Å²) in [5, 5.41) is 5.29. The number of halogens is 1. The third-order valence-electron chi connectivity index (χ3n) is 3.76. The van der Waals surface area contributed by atoms with Crippen molar-refractivity contribution in [2.45, 2.75) is 19.0 Å². The van der Waals surface area contributed by atoms with Crippen LogP contribution >= 0.6 is 0 Å². The summed E-state index contributed by atoms with van der Waals surface area (Å²) in [6.07, 6.45) is 4.68. The standard InChI is InChI=1S/C15H17FN2/c16-15(12-4-2-7-17-10-12)14-5-1-3-11-9-18-8-6-13(11)14/h1,3,5-6,8-9,12,15,17H,2,4,7,10H2. The van der Waals surface area contributed by atoms with Gasteiger partial charge in [-0.25, -0.2) is 4.39 Å². The van der Waals surface area contributed by atoms with Crippen LogP contribution in [0.5, 0.6) is 0 Å². The van der Waals surface area contributed by atoms with Gasteiger partial charge in [0, 0.05) is 30.2 Å². The largest absolute Gasteiger partial charge is 0.316 e. The molecule has 2 aromatic rings. The summed E-state index contributed by atoms with van der Waals surface area (Å²) >= 11 is 0. The minimum atomic E-state index is -0.885. The third-order valence-corrected chi connectivity index (χ3v) is 3.76. The van der Waals surface area contributed by atoms with Crippen LogP contribution in [0.1, 0.15) is 24.6 Å². The highest BCUT2D eigenvalue weighted by Crippen LogP contribution is 2.34. The zero-order chi connectivity index (χ0) is 12.4. The maximum atomic E-state index is 14.7. The van der Waals surface area contributed by atoms with Crippen molar-refractivity contribution in [1.82, 2.24) is 10.3 Å². The van der Waals surface area contributed by atoms with Crippen LogP contribution in [0.4, 0.5) is 4.39 Å². The number of hydrogen-bond donors (Lipinski definition) is 1. The molecular weight excluding hydrogens is 227 g/mol. The Hall–Kier alpha value is -1.48. The Balaban J connectivity index is 1.97. The maximum Gasteiger partial charge on any atom is 0.130 e. The van der Waals surface area contributed by atoms with E-state index in [1.54, 1.807) is 12.4 Å². The van der Waals surface area contributed by atoms with Gasteiger partial charge in [0.05, 0.1) is 0 Å². The van der Waals surface area contributed by atoms with E-state index < -0.39 is 6.17 Å². The fraction of sp³-hybridized carbons (Fsp3) is 0.400. The number of fused-ring (bicyclic) bond motifs is 1. The molecule has 0 radical (unpaired) electrons. The van der Waals surface area contributed by atoms with Crippen molar-refractivity contribution < 1.29 is 4.39 Å². The molecule has 2 unspecified atom stereocenters. The van der Waals surface area contributed by atoms with Gasteiger partial charge in [-0.15, -0.1) is 0 Å². The number of hydrogen-bond acceptors (Lipinski definition) is 2. The lowest BCUT2D eigenvalue weighted by molar-refractivity contribution is 0.196. The predicted molar refractivity (Wildman–Crippen MR) is 71.2 cm³/mol. The quantitative estimate of drug-likeness (QED) is 0.877. The lowest BCUT2D eigenvalue weighted by Gasteiger charge is -2.26. The zero-order valence-electron chi connectivity index (χ0n) is 10.3. The summed E-state index contributed by atoms with van der Waals surface area (Å²) in [5.74, 6) is 0.0949. The topological polar surface area (TPSA) is 24.9 Å². The van der Waals surface area contributed by atoms with Crippen molar-refractivity contribution in [2.75, 3.05) is 13.1 Å². The van der Waals surface area contributed by atoms with Crippen molar-refractivity contribution in [2.24, 2.45) is 5.92 Å². The number of pyridine rings is 1. The van der Waals surface area contributed by atoms with Crippen molar-refractivity contribution in [3.63, 3.8) is 0 Å². The molecule has 3 rings (SSSR count). The molecule has 2 atom stereocenters. The van der Waals surface area contributed by atoms with E-state index in [4.69, 9.17) is 0 Å². The average Bonchev–Trinajstić information content (AvgIpc) is 2.47. The van der Waals surface area contributed by atoms with Crippen LogP contribution < -0.4 is 5.32 Å². The van der Waals surface area contributed by atoms with E-state index in [0.29, 0.717) is 0 Å². The summed E-state index contributed by atoms with van der Waals surface area (Å²) in [4.78, 5) is 4.09. The molecule has 0 aliphatic carbocycles. The van der Waals surface area contributed by atoms with Gasteiger partial charge in [-0.05, 0) is 36.4 Å². The zero-order valence-corrected chi connectivity index (χ0v) is 10.3. The van der Waals surface area contributed by atoms with E-state index in [9.17, 15) is 4.39 Å². The number of benzene rings is 1. The molecule has 1 aliphatic rings. The van der Waals surface area contributed by atoms with Crippen LogP contribution in [0.2, 0.25) is 0 Å². The Morgan fingerprint density at radius 1 is 1.33 bits per heavy atom. The molecule has 3 heteroatoms. The maximum absolute atomic E-state index is 14.7. The molecule has 18 heavy (non-hydrogen) atoms. The summed E-state index contributed by atoms with van der Waals surface area (Å²) in [5.41, 5.74) is 0.809. The molecule has 0 spiro atoms. The predicted octanol–water partition coefficient (Wildman–Crippen LogP) is 3.25. The molecule has 0 saturated carbocycles. The van der Waals surface area contributed by atoms with E-state index in [0.717, 1.165) is 42.3 Å². The first kappa shape index (κ1) is 11.6. The van der Waals surface area contributed by atoms with Crippen LogP contribution in [0, 0.1) is 5.92 Å². The van der Waals surface area contributed by atoms with Gasteiger partial charge < -0.3 is 5.32 Å². The Bertz CT molecular complexity index is 530. The van der Waals surface area contributed by atoms with Gasteiger partial charge in [0.15, 0.2) is 0 Å². The van der Waals surface area contributed by atoms with Crippen molar-refractivity contribution in [3.05, 3.63) is 42.2 Å². The molecule has 1 N–H and O–H groups in total. The second-order valence-corrected chi connectivity index (χ2v) is 4.95. The number of rotatable bonds is 2. The Labute approximate surface area is 106 Å². The van der Waals surface area contributed by atoms with Crippen molar-refractivity contribution in [1.29, 1.82) is 0 Å². The fourth-order valence-electron chi connectivity index (χ4n) is 2.77. The Morgan fingerprint density at radius 3 is 3.11 bits per heavy atom. The lowest BCUT2D eigenvalue weighted by atomic mass is 9.88. The summed E-state index contributed by atoms with van der Waals surface area (Å²) in [6.45, 7) is 1.80. The molecule has 1 aliphatic heterocycles. The van der Waals surface area contributed by atoms with Gasteiger partial charge >= 0.3 is 0 Å². The second kappa shape index (κ2) is 5.02. The first-order valence-corrected chi connectivity index (χ1v) is 6.53. The van der Waals surface area contributed by atoms with E-state index in [-0.39, 0.29) is 5.92 Å². The highest BCUT2D eigenvalue weighted by molar-refractivity contribution is 5.85. The van der Waals surface area contributed by atoms with Crippen molar-refractivity contribution in [3.8, 4) is 0 Å². The van der Waals surface area contributed by atoms with E-state index in [1.165, 1.54) is 0 Å². The summed E-state index contributed by atoms with van der Waals surface area (Å²) in [7, 11) is 0. The molecule has 1 aromatic heterocycles. The highest BCUT2D eigenvalue weighted by atomic mass is 19.1. The smallest absolute Gasteiger partial charge is 0.130 e. The number of piperidine rings is 1. The molecule has 1 fully saturated rings. The van der Waals surface area contributed by atoms with Gasteiger partial charge in [0.25, 0.3) is 0 Å². The van der Waals surface area contributed by atoms with E-state index in [2.05, 4.69) is 10.3 Å². The minimum Gasteiger partial charge on any atom is -0.316 e. The van der Waals surface area contributed by atoms with Crippen LogP contribution in [-0.4, -0.2) is 18.1 Å². The SMILES string of the molecule is FC(c1cccc2cnccc12)C1CCCNC1. The Morgan fingerprint density at radius 2 is 2.28 bits per heavy atom. The van der Waals surface area contributed by atoms with E-state index in [1.807, 2.05) is 24.3 Å². The summed E-state index contributed by atoms with van der Waals surface area (Å²) < 4.78 is 14.7. The van der Waals surface area contributed by atoms with Crippen LogP contribution in [-0.2, 0) is 0 Å². The molecule has 2 nitrogen and oxygen atoms in total. The van der Waals surface area contributed by atoms with Gasteiger partial charge in [0.2, 0.25) is 0 Å². The molecule has 94 valence electrons. The molecule has 0 bridgehead atoms. The number of alkyl halides is 1. The second-order valence-electron chi connectivity index (χ2n) is 4.95. The highest BCUT2D eigenvalue weighted by Gasteiger charge is 2.25. The molecule has 0 amide bonds. The number of nitrogens with zero attached hydrogens (tertiary/aromatic N) is 1. The fourth-order valence-corrected chi connectivity index (χ4v) is 2.77. The van der Waals surface area contributed by atoms with E-state index >= 15 is 0 Å². The monoisotopic (exact) mass is 244 g/mol. The van der Waals surface area contributed by atoms with Gasteiger partial charge in [-0.1, -0.05) is 18.2 Å². The molecule has 1 aromatic carbocycles. The van der Waals surface area contributed by atoms with Crippen LogP contribution in [0.3, 0.4) is 0 Å². The number of nitrogens with one attached hydrogen (secondary N) is 1. The Kier molecular flexibility index (Phi) is 3.24. The van der Waals surface area contributed by atoms with Crippen LogP contribution in [0.25, 0.3) is 10.8 Å². The third kappa shape index (κ3) is 2.10. The molecular formula is C15H17FN2. The molecule has 1 saturated heterocycles. The normalized spacial score (nSPS) is 21.9. The van der Waals surface area contributed by atoms with Crippen molar-refractivity contribution >= 4 is 10.8 Å². The summed E-state index contributed by atoms with van der Waals surface area (Å²) in [6, 6.07) is 7.72. The first-order chi connectivity index (χ1) is 8.86. The minimum absolute atomic E-state index is 0.0949. The lowest BCUT2D eigenvalue weighted by Crippen LogP contribution is -2.32. The number of aromatic nitrogens is 1.